The van der Waals surface area contributed by atoms with E-state index in [0.29, 0.717) is 12.2 Å². The molecule has 0 aliphatic carbocycles. The largest absolute Gasteiger partial charge is 0.508 e. The first-order valence-electron chi connectivity index (χ1n) is 5.50. The van der Waals surface area contributed by atoms with Gasteiger partial charge in [-0.25, -0.2) is 4.68 Å². The van der Waals surface area contributed by atoms with Crippen LogP contribution in [0.3, 0.4) is 0 Å². The minimum absolute atomic E-state index is 0.118. The Kier molecular flexibility index (Phi) is 2.95. The molecule has 88 valence electrons. The van der Waals surface area contributed by atoms with Gasteiger partial charge < -0.3 is 5.11 Å². The van der Waals surface area contributed by atoms with Crippen molar-refractivity contribution in [1.29, 1.82) is 0 Å². The Morgan fingerprint density at radius 3 is 2.71 bits per heavy atom. The summed E-state index contributed by atoms with van der Waals surface area (Å²) >= 11 is 0. The molecule has 2 aromatic rings. The third kappa shape index (κ3) is 2.20. The molecule has 0 aliphatic rings. The number of aromatic nitrogens is 2. The molecule has 0 saturated heterocycles. The topological polar surface area (TPSA) is 55.1 Å². The lowest BCUT2D eigenvalue weighted by Crippen LogP contribution is -2.20. The zero-order chi connectivity index (χ0) is 12.4. The van der Waals surface area contributed by atoms with Crippen molar-refractivity contribution in [3.05, 3.63) is 46.2 Å². The summed E-state index contributed by atoms with van der Waals surface area (Å²) in [5.74, 6) is 0.235. The summed E-state index contributed by atoms with van der Waals surface area (Å²) in [6.45, 7) is 4.23. The van der Waals surface area contributed by atoms with E-state index < -0.39 is 0 Å². The first-order chi connectivity index (χ1) is 8.11. The zero-order valence-corrected chi connectivity index (χ0v) is 9.84. The van der Waals surface area contributed by atoms with Gasteiger partial charge in [0.05, 0.1) is 5.69 Å². The predicted octanol–water partition coefficient (Wildman–Crippen LogP) is 1.94. The Hall–Kier alpha value is -2.10. The highest BCUT2D eigenvalue weighted by Crippen LogP contribution is 2.23. The number of benzene rings is 1. The molecule has 4 heteroatoms. The smallest absolute Gasteiger partial charge is 0.266 e. The number of hydrogen-bond donors (Lipinski definition) is 1. The molecular formula is C13H14N2O2. The SMILES string of the molecule is CCn1nc(-c2ccc(C)c(O)c2)ccc1=O. The van der Waals surface area contributed by atoms with Crippen molar-refractivity contribution in [2.45, 2.75) is 20.4 Å². The summed E-state index contributed by atoms with van der Waals surface area (Å²) < 4.78 is 1.40. The third-order valence-corrected chi connectivity index (χ3v) is 2.67. The minimum atomic E-state index is -0.118. The first-order valence-corrected chi connectivity index (χ1v) is 5.50. The molecule has 0 fully saturated rings. The van der Waals surface area contributed by atoms with Crippen LogP contribution in [0.15, 0.2) is 35.1 Å². The average Bonchev–Trinajstić information content (AvgIpc) is 2.33. The lowest BCUT2D eigenvalue weighted by molar-refractivity contribution is 0.471. The van der Waals surface area contributed by atoms with E-state index in [1.165, 1.54) is 10.7 Å². The number of hydrogen-bond acceptors (Lipinski definition) is 3. The Bertz CT molecular complexity index is 603. The third-order valence-electron chi connectivity index (χ3n) is 2.67. The van der Waals surface area contributed by atoms with Crippen molar-refractivity contribution >= 4 is 0 Å². The van der Waals surface area contributed by atoms with Gasteiger partial charge in [0, 0.05) is 18.2 Å². The molecule has 0 aliphatic heterocycles. The Morgan fingerprint density at radius 1 is 1.29 bits per heavy atom. The van der Waals surface area contributed by atoms with Gasteiger partial charge in [-0.15, -0.1) is 0 Å². The molecule has 0 spiro atoms. The normalized spacial score (nSPS) is 10.5. The van der Waals surface area contributed by atoms with Gasteiger partial charge in [0.25, 0.3) is 5.56 Å². The fourth-order valence-electron chi connectivity index (χ4n) is 1.60. The van der Waals surface area contributed by atoms with Gasteiger partial charge in [0.1, 0.15) is 5.75 Å². The summed E-state index contributed by atoms with van der Waals surface area (Å²) in [7, 11) is 0. The van der Waals surface area contributed by atoms with Crippen molar-refractivity contribution in [3.63, 3.8) is 0 Å². The van der Waals surface area contributed by atoms with Crippen molar-refractivity contribution in [1.82, 2.24) is 9.78 Å². The minimum Gasteiger partial charge on any atom is -0.508 e. The van der Waals surface area contributed by atoms with E-state index in [4.69, 9.17) is 0 Å². The molecular weight excluding hydrogens is 216 g/mol. The monoisotopic (exact) mass is 230 g/mol. The second-order valence-corrected chi connectivity index (χ2v) is 3.87. The van der Waals surface area contributed by atoms with Crippen LogP contribution in [-0.2, 0) is 6.54 Å². The lowest BCUT2D eigenvalue weighted by atomic mass is 10.1. The molecule has 0 amide bonds. The molecule has 1 aromatic carbocycles. The van der Waals surface area contributed by atoms with Crippen LogP contribution in [0.4, 0.5) is 0 Å². The second kappa shape index (κ2) is 4.41. The van der Waals surface area contributed by atoms with Crippen LogP contribution in [-0.4, -0.2) is 14.9 Å². The van der Waals surface area contributed by atoms with Crippen LogP contribution in [0.1, 0.15) is 12.5 Å². The van der Waals surface area contributed by atoms with Gasteiger partial charge in [-0.3, -0.25) is 4.79 Å². The molecule has 1 N–H and O–H groups in total. The van der Waals surface area contributed by atoms with E-state index >= 15 is 0 Å². The number of rotatable bonds is 2. The van der Waals surface area contributed by atoms with E-state index in [1.807, 2.05) is 26.0 Å². The molecule has 0 saturated carbocycles. The maximum absolute atomic E-state index is 11.4. The molecule has 17 heavy (non-hydrogen) atoms. The van der Waals surface area contributed by atoms with Crippen LogP contribution in [0.2, 0.25) is 0 Å². The highest BCUT2D eigenvalue weighted by atomic mass is 16.3. The number of phenols is 1. The molecule has 1 aromatic heterocycles. The van der Waals surface area contributed by atoms with Crippen molar-refractivity contribution in [2.75, 3.05) is 0 Å². The fourth-order valence-corrected chi connectivity index (χ4v) is 1.60. The van der Waals surface area contributed by atoms with Gasteiger partial charge in [-0.1, -0.05) is 12.1 Å². The number of nitrogens with zero attached hydrogens (tertiary/aromatic N) is 2. The van der Waals surface area contributed by atoms with Gasteiger partial charge in [0.15, 0.2) is 0 Å². The highest BCUT2D eigenvalue weighted by molar-refractivity contribution is 5.61. The average molecular weight is 230 g/mol. The number of phenolic OH excluding ortho intramolecular Hbond substituents is 1. The van der Waals surface area contributed by atoms with Crippen LogP contribution in [0.5, 0.6) is 5.75 Å². The Labute approximate surface area is 99.2 Å². The fraction of sp³-hybridized carbons (Fsp3) is 0.231. The van der Waals surface area contributed by atoms with Gasteiger partial charge in [-0.05, 0) is 31.5 Å². The van der Waals surface area contributed by atoms with E-state index in [0.717, 1.165) is 11.1 Å². The van der Waals surface area contributed by atoms with E-state index in [-0.39, 0.29) is 11.3 Å². The van der Waals surface area contributed by atoms with Crippen LogP contribution in [0, 0.1) is 6.92 Å². The van der Waals surface area contributed by atoms with Gasteiger partial charge in [-0.2, -0.15) is 5.10 Å². The van der Waals surface area contributed by atoms with Crippen LogP contribution in [0.25, 0.3) is 11.3 Å². The summed E-state index contributed by atoms with van der Waals surface area (Å²) in [5, 5.41) is 13.9. The molecule has 0 unspecified atom stereocenters. The quantitative estimate of drug-likeness (QED) is 0.857. The molecule has 4 nitrogen and oxygen atoms in total. The second-order valence-electron chi connectivity index (χ2n) is 3.87. The lowest BCUT2D eigenvalue weighted by Gasteiger charge is -2.06. The Morgan fingerprint density at radius 2 is 2.06 bits per heavy atom. The predicted molar refractivity (Wildman–Crippen MR) is 66.0 cm³/mol. The Balaban J connectivity index is 2.53. The first kappa shape index (κ1) is 11.4. The van der Waals surface area contributed by atoms with E-state index in [9.17, 15) is 9.90 Å². The summed E-state index contributed by atoms with van der Waals surface area (Å²) in [4.78, 5) is 11.4. The van der Waals surface area contributed by atoms with Gasteiger partial charge in [0.2, 0.25) is 0 Å². The van der Waals surface area contributed by atoms with Gasteiger partial charge >= 0.3 is 0 Å². The molecule has 0 bridgehead atoms. The number of aryl methyl sites for hydroxylation is 2. The van der Waals surface area contributed by atoms with E-state index in [2.05, 4.69) is 5.10 Å². The molecule has 2 rings (SSSR count). The standard InChI is InChI=1S/C13H14N2O2/c1-3-15-13(17)7-6-11(14-15)10-5-4-9(2)12(16)8-10/h4-8,16H,3H2,1-2H3. The summed E-state index contributed by atoms with van der Waals surface area (Å²) in [6, 6.07) is 8.51. The number of aromatic hydroxyl groups is 1. The van der Waals surface area contributed by atoms with Crippen molar-refractivity contribution in [3.8, 4) is 17.0 Å². The van der Waals surface area contributed by atoms with E-state index in [1.54, 1.807) is 12.1 Å². The van der Waals surface area contributed by atoms with Crippen LogP contribution < -0.4 is 5.56 Å². The van der Waals surface area contributed by atoms with Crippen molar-refractivity contribution < 1.29 is 5.11 Å². The maximum Gasteiger partial charge on any atom is 0.266 e. The van der Waals surface area contributed by atoms with Crippen molar-refractivity contribution in [2.24, 2.45) is 0 Å². The molecule has 1 heterocycles. The highest BCUT2D eigenvalue weighted by Gasteiger charge is 2.04. The molecule has 0 atom stereocenters. The summed E-state index contributed by atoms with van der Waals surface area (Å²) in [6.07, 6.45) is 0. The summed E-state index contributed by atoms with van der Waals surface area (Å²) in [5.41, 5.74) is 2.18. The zero-order valence-electron chi connectivity index (χ0n) is 9.84. The van der Waals surface area contributed by atoms with Crippen LogP contribution >= 0.6 is 0 Å². The molecule has 0 radical (unpaired) electrons. The maximum atomic E-state index is 11.4.